The summed E-state index contributed by atoms with van der Waals surface area (Å²) in [6, 6.07) is 12.7. The molecule has 0 bridgehead atoms. The van der Waals surface area contributed by atoms with Crippen molar-refractivity contribution < 1.29 is 23.6 Å². The molecule has 4 heterocycles. The number of fused-ring (bicyclic) bond motifs is 1. The Kier molecular flexibility index (Phi) is 11.3. The number of piperidine rings is 1. The minimum Gasteiger partial charge on any atom is -0.342 e. The number of nitrogens with one attached hydrogen (secondary N) is 1. The first-order valence-corrected chi connectivity index (χ1v) is 19.4. The molecule has 51 heavy (non-hydrogen) atoms. The Balaban J connectivity index is 1.14. The maximum atomic E-state index is 15.8. The molecule has 6 rings (SSSR count). The number of nitrogens with zero attached hydrogens (tertiary/aromatic N) is 5. The van der Waals surface area contributed by atoms with E-state index in [9.17, 15) is 19.2 Å². The van der Waals surface area contributed by atoms with Crippen molar-refractivity contribution in [3.63, 3.8) is 0 Å². The zero-order valence-corrected chi connectivity index (χ0v) is 31.5. The molecule has 0 aromatic heterocycles. The second kappa shape index (κ2) is 15.5. The minimum absolute atomic E-state index is 0.0319. The second-order valence-corrected chi connectivity index (χ2v) is 17.3. The molecule has 1 N–H and O–H groups in total. The molecule has 3 saturated heterocycles. The number of thioether (sulfide) groups is 1. The van der Waals surface area contributed by atoms with E-state index in [0.717, 1.165) is 30.6 Å². The summed E-state index contributed by atoms with van der Waals surface area (Å²) >= 11 is 1.39. The molecule has 0 aliphatic carbocycles. The van der Waals surface area contributed by atoms with Gasteiger partial charge in [-0.05, 0) is 54.7 Å². The first-order chi connectivity index (χ1) is 24.3. The maximum Gasteiger partial charge on any atom is 0.322 e. The summed E-state index contributed by atoms with van der Waals surface area (Å²) in [6.45, 7) is 14.8. The van der Waals surface area contributed by atoms with E-state index in [0.29, 0.717) is 63.6 Å². The van der Waals surface area contributed by atoms with E-state index < -0.39 is 16.4 Å². The number of halogens is 1. The van der Waals surface area contributed by atoms with Crippen LogP contribution in [0, 0.1) is 17.2 Å². The van der Waals surface area contributed by atoms with Crippen LogP contribution in [-0.4, -0.2) is 107 Å². The van der Waals surface area contributed by atoms with Crippen LogP contribution in [0.3, 0.4) is 0 Å². The Hall–Kier alpha value is -3.64. The molecule has 3 fully saturated rings. The summed E-state index contributed by atoms with van der Waals surface area (Å²) in [6.07, 6.45) is 2.90. The number of urea groups is 1. The van der Waals surface area contributed by atoms with Gasteiger partial charge < -0.3 is 24.9 Å². The van der Waals surface area contributed by atoms with Gasteiger partial charge in [-0.25, -0.2) is 9.18 Å². The summed E-state index contributed by atoms with van der Waals surface area (Å²) in [5, 5.41) is 1.90. The summed E-state index contributed by atoms with van der Waals surface area (Å²) in [7, 11) is 0. The van der Waals surface area contributed by atoms with Crippen molar-refractivity contribution in [1.29, 1.82) is 0 Å². The fraction of sp³-hybridized carbons (Fsp3) is 0.590. The van der Waals surface area contributed by atoms with Gasteiger partial charge in [-0.1, -0.05) is 65.0 Å². The summed E-state index contributed by atoms with van der Waals surface area (Å²) < 4.78 is 15.8. The molecule has 1 unspecified atom stereocenters. The lowest BCUT2D eigenvalue weighted by Gasteiger charge is -2.38. The quantitative estimate of drug-likeness (QED) is 0.343. The lowest BCUT2D eigenvalue weighted by Crippen LogP contribution is -2.52. The molecule has 0 radical (unpaired) electrons. The SMILES string of the molecule is CC(C)CN1CCN(c2c(F)cccc2C2S[C@H](CC(=O)N3CCC(N4CCc5ccccc5NC4=O)CC3)C(=O)N2CCC(C)(C)C)C(=O)C1. The summed E-state index contributed by atoms with van der Waals surface area (Å²) in [4.78, 5) is 63.7. The fourth-order valence-electron chi connectivity index (χ4n) is 7.75. The molecule has 0 saturated carbocycles. The molecule has 4 aliphatic heterocycles. The molecule has 276 valence electrons. The number of hydrogen-bond acceptors (Lipinski definition) is 6. The van der Waals surface area contributed by atoms with Crippen LogP contribution in [0.5, 0.6) is 0 Å². The van der Waals surface area contributed by atoms with Gasteiger partial charge in [0.2, 0.25) is 17.7 Å². The molecule has 5 amide bonds. The normalized spacial score (nSPS) is 22.5. The predicted octanol–water partition coefficient (Wildman–Crippen LogP) is 5.98. The van der Waals surface area contributed by atoms with Crippen LogP contribution in [0.25, 0.3) is 0 Å². The largest absolute Gasteiger partial charge is 0.342 e. The topological polar surface area (TPSA) is 96.5 Å². The molecular formula is C39H53FN6O4S. The van der Waals surface area contributed by atoms with E-state index in [1.807, 2.05) is 40.1 Å². The first-order valence-electron chi connectivity index (χ1n) is 18.5. The van der Waals surface area contributed by atoms with Gasteiger partial charge in [0.15, 0.2) is 0 Å². The van der Waals surface area contributed by atoms with Crippen LogP contribution in [0.15, 0.2) is 42.5 Å². The van der Waals surface area contributed by atoms with Crippen molar-refractivity contribution in [2.45, 2.75) is 83.4 Å². The highest BCUT2D eigenvalue weighted by Gasteiger charge is 2.45. The van der Waals surface area contributed by atoms with Crippen LogP contribution in [0.1, 0.15) is 76.8 Å². The average molecular weight is 721 g/mol. The number of rotatable bonds is 9. The van der Waals surface area contributed by atoms with Crippen molar-refractivity contribution in [1.82, 2.24) is 19.6 Å². The van der Waals surface area contributed by atoms with Gasteiger partial charge >= 0.3 is 6.03 Å². The Morgan fingerprint density at radius 1 is 0.980 bits per heavy atom. The monoisotopic (exact) mass is 720 g/mol. The number of anilines is 2. The Morgan fingerprint density at radius 2 is 1.73 bits per heavy atom. The molecular weight excluding hydrogens is 668 g/mol. The molecule has 4 aliphatic rings. The third-order valence-corrected chi connectivity index (χ3v) is 11.9. The fourth-order valence-corrected chi connectivity index (χ4v) is 9.24. The van der Waals surface area contributed by atoms with E-state index in [4.69, 9.17) is 0 Å². The summed E-state index contributed by atoms with van der Waals surface area (Å²) in [5.74, 6) is -0.427. The average Bonchev–Trinajstić information content (AvgIpc) is 3.27. The Labute approximate surface area is 306 Å². The van der Waals surface area contributed by atoms with Crippen molar-refractivity contribution >= 4 is 46.9 Å². The molecule has 2 aromatic carbocycles. The van der Waals surface area contributed by atoms with E-state index >= 15 is 4.39 Å². The highest BCUT2D eigenvalue weighted by Crippen LogP contribution is 2.48. The van der Waals surface area contributed by atoms with Crippen LogP contribution >= 0.6 is 11.8 Å². The summed E-state index contributed by atoms with van der Waals surface area (Å²) in [5.41, 5.74) is 2.77. The van der Waals surface area contributed by atoms with Gasteiger partial charge in [-0.15, -0.1) is 11.8 Å². The number of carbonyl (C=O) groups excluding carboxylic acids is 4. The molecule has 2 atom stereocenters. The Bertz CT molecular complexity index is 1620. The van der Waals surface area contributed by atoms with Gasteiger partial charge in [-0.3, -0.25) is 19.3 Å². The van der Waals surface area contributed by atoms with Crippen molar-refractivity contribution in [3.05, 3.63) is 59.4 Å². The van der Waals surface area contributed by atoms with Gasteiger partial charge in [0.1, 0.15) is 11.2 Å². The lowest BCUT2D eigenvalue weighted by molar-refractivity contribution is -0.137. The molecule has 2 aromatic rings. The first kappa shape index (κ1) is 37.1. The van der Waals surface area contributed by atoms with Crippen LogP contribution in [0.4, 0.5) is 20.6 Å². The van der Waals surface area contributed by atoms with Crippen LogP contribution in [-0.2, 0) is 20.8 Å². The van der Waals surface area contributed by atoms with Gasteiger partial charge in [0.05, 0.1) is 17.5 Å². The van der Waals surface area contributed by atoms with Crippen molar-refractivity contribution in [2.75, 3.05) is 62.6 Å². The van der Waals surface area contributed by atoms with E-state index in [-0.39, 0.29) is 53.9 Å². The van der Waals surface area contributed by atoms with Gasteiger partial charge in [0.25, 0.3) is 0 Å². The third-order valence-electron chi connectivity index (χ3n) is 10.5. The number of likely N-dealkylation sites (tertiary alicyclic amines) is 1. The number of hydrogen-bond donors (Lipinski definition) is 1. The molecule has 12 heteroatoms. The van der Waals surface area contributed by atoms with Crippen molar-refractivity contribution in [2.24, 2.45) is 11.3 Å². The number of carbonyl (C=O) groups is 4. The highest BCUT2D eigenvalue weighted by atomic mass is 32.2. The van der Waals surface area contributed by atoms with Crippen LogP contribution < -0.4 is 10.2 Å². The zero-order chi connectivity index (χ0) is 36.4. The number of para-hydroxylation sites is 2. The predicted molar refractivity (Wildman–Crippen MR) is 200 cm³/mol. The number of amides is 5. The maximum absolute atomic E-state index is 15.8. The number of benzene rings is 2. The molecule has 10 nitrogen and oxygen atoms in total. The van der Waals surface area contributed by atoms with E-state index in [2.05, 4.69) is 44.8 Å². The number of piperazine rings is 1. The smallest absolute Gasteiger partial charge is 0.322 e. The Morgan fingerprint density at radius 3 is 2.43 bits per heavy atom. The van der Waals surface area contributed by atoms with Crippen molar-refractivity contribution in [3.8, 4) is 0 Å². The zero-order valence-electron chi connectivity index (χ0n) is 30.7. The lowest BCUT2D eigenvalue weighted by atomic mass is 9.92. The minimum atomic E-state index is -0.621. The highest BCUT2D eigenvalue weighted by molar-refractivity contribution is 8.01. The van der Waals surface area contributed by atoms with Gasteiger partial charge in [0, 0.05) is 69.5 Å². The third kappa shape index (κ3) is 8.54. The standard InChI is InChI=1S/C39H53FN6O4S/c1-26(2)24-42-21-22-45(34(48)25-42)35-29(10-8-11-30(35)40)37-46(20-16-39(3,4)5)36(49)32(51-37)23-33(47)43-17-14-28(15-18-43)44-19-13-27-9-6-7-12-31(27)41-38(44)50/h6-12,26,28,32,37H,13-25H2,1-5H3,(H,41,50)/t32-,37?/m1/s1. The second-order valence-electron chi connectivity index (χ2n) is 16.0. The van der Waals surface area contributed by atoms with E-state index in [1.165, 1.54) is 17.8 Å². The molecule has 0 spiro atoms. The van der Waals surface area contributed by atoms with E-state index in [1.54, 1.807) is 15.9 Å². The van der Waals surface area contributed by atoms with Crippen LogP contribution in [0.2, 0.25) is 0 Å². The van der Waals surface area contributed by atoms with Gasteiger partial charge in [-0.2, -0.15) is 0 Å².